The summed E-state index contributed by atoms with van der Waals surface area (Å²) in [6.45, 7) is 8.62. The Balaban J connectivity index is 1.64. The van der Waals surface area contributed by atoms with Crippen LogP contribution in [-0.2, 0) is 0 Å². The molecule has 0 amide bonds. The van der Waals surface area contributed by atoms with Gasteiger partial charge in [0.1, 0.15) is 6.10 Å². The summed E-state index contributed by atoms with van der Waals surface area (Å²) < 4.78 is 0. The fourth-order valence-corrected chi connectivity index (χ4v) is 3.22. The minimum atomic E-state index is -0.354. The van der Waals surface area contributed by atoms with E-state index in [1.807, 2.05) is 17.5 Å². The second-order valence-electron chi connectivity index (χ2n) is 5.43. The fourth-order valence-electron chi connectivity index (χ4n) is 2.50. The number of likely N-dealkylation sites (tertiary alicyclic amines) is 1. The van der Waals surface area contributed by atoms with Crippen molar-refractivity contribution in [1.29, 1.82) is 0 Å². The Morgan fingerprint density at radius 1 is 1.56 bits per heavy atom. The first kappa shape index (κ1) is 14.0. The maximum Gasteiger partial charge on any atom is 0.101 e. The number of aliphatic hydroxyl groups is 1. The smallest absolute Gasteiger partial charge is 0.101 e. The molecule has 1 aromatic rings. The van der Waals surface area contributed by atoms with E-state index in [9.17, 15) is 5.11 Å². The zero-order valence-corrected chi connectivity index (χ0v) is 12.1. The first-order valence-corrected chi connectivity index (χ1v) is 7.71. The summed E-state index contributed by atoms with van der Waals surface area (Å²) in [4.78, 5) is 3.58. The number of hydrogen-bond acceptors (Lipinski definition) is 4. The first-order chi connectivity index (χ1) is 8.66. The second kappa shape index (κ2) is 6.66. The van der Waals surface area contributed by atoms with Gasteiger partial charge in [-0.25, -0.2) is 0 Å². The first-order valence-electron chi connectivity index (χ1n) is 6.83. The van der Waals surface area contributed by atoms with E-state index in [-0.39, 0.29) is 6.10 Å². The van der Waals surface area contributed by atoms with Crippen LogP contribution in [0.5, 0.6) is 0 Å². The molecule has 4 heteroatoms. The van der Waals surface area contributed by atoms with Crippen molar-refractivity contribution in [2.75, 3.05) is 26.2 Å². The monoisotopic (exact) mass is 268 g/mol. The molecule has 0 saturated carbocycles. The summed E-state index contributed by atoms with van der Waals surface area (Å²) in [6.07, 6.45) is 0.924. The Morgan fingerprint density at radius 3 is 3.00 bits per heavy atom. The summed E-state index contributed by atoms with van der Waals surface area (Å²) in [5.74, 6) is 0.739. The zero-order valence-electron chi connectivity index (χ0n) is 11.3. The molecule has 0 radical (unpaired) electrons. The van der Waals surface area contributed by atoms with E-state index in [2.05, 4.69) is 24.1 Å². The minimum Gasteiger partial charge on any atom is -0.386 e. The number of rotatable bonds is 6. The molecule has 102 valence electrons. The third-order valence-electron chi connectivity index (χ3n) is 3.69. The summed E-state index contributed by atoms with van der Waals surface area (Å²) in [5, 5.41) is 15.4. The Morgan fingerprint density at radius 2 is 2.39 bits per heavy atom. The predicted octanol–water partition coefficient (Wildman–Crippen LogP) is 2.10. The number of nitrogens with one attached hydrogen (secondary N) is 1. The maximum absolute atomic E-state index is 9.96. The van der Waals surface area contributed by atoms with Gasteiger partial charge in [0.05, 0.1) is 0 Å². The van der Waals surface area contributed by atoms with E-state index in [1.165, 1.54) is 19.5 Å². The average molecular weight is 268 g/mol. The van der Waals surface area contributed by atoms with Crippen LogP contribution in [0.3, 0.4) is 0 Å². The van der Waals surface area contributed by atoms with Crippen LogP contribution >= 0.6 is 11.3 Å². The highest BCUT2D eigenvalue weighted by Crippen LogP contribution is 2.19. The molecular formula is C14H24N2OS. The number of nitrogens with zero attached hydrogens (tertiary/aromatic N) is 1. The normalized spacial score (nSPS) is 22.8. The lowest BCUT2D eigenvalue weighted by atomic mass is 10.1. The summed E-state index contributed by atoms with van der Waals surface area (Å²) >= 11 is 1.62. The van der Waals surface area contributed by atoms with Gasteiger partial charge in [0, 0.05) is 24.0 Å². The standard InChI is InChI=1S/C14H24N2OS/c1-11(2)16-6-5-12(10-16)8-15-9-13(17)14-4-3-7-18-14/h3-4,7,11-13,15,17H,5-6,8-10H2,1-2H3. The SMILES string of the molecule is CC(C)N1CCC(CNCC(O)c2cccs2)C1. The van der Waals surface area contributed by atoms with Crippen molar-refractivity contribution in [2.45, 2.75) is 32.4 Å². The Labute approximate surface area is 114 Å². The molecule has 1 aliphatic rings. The summed E-state index contributed by atoms with van der Waals surface area (Å²) in [7, 11) is 0. The molecule has 1 saturated heterocycles. The van der Waals surface area contributed by atoms with Crippen molar-refractivity contribution in [3.05, 3.63) is 22.4 Å². The van der Waals surface area contributed by atoms with Crippen LogP contribution in [0.25, 0.3) is 0 Å². The van der Waals surface area contributed by atoms with Gasteiger partial charge >= 0.3 is 0 Å². The van der Waals surface area contributed by atoms with Crippen LogP contribution in [0, 0.1) is 5.92 Å². The van der Waals surface area contributed by atoms with Gasteiger partial charge in [-0.1, -0.05) is 6.07 Å². The molecule has 2 unspecified atom stereocenters. The molecule has 2 N–H and O–H groups in total. The molecule has 0 aliphatic carbocycles. The summed E-state index contributed by atoms with van der Waals surface area (Å²) in [6, 6.07) is 4.64. The van der Waals surface area contributed by atoms with Gasteiger partial charge in [-0.2, -0.15) is 0 Å². The molecule has 3 nitrogen and oxygen atoms in total. The third-order valence-corrected chi connectivity index (χ3v) is 4.66. The largest absolute Gasteiger partial charge is 0.386 e. The van der Waals surface area contributed by atoms with Crippen LogP contribution < -0.4 is 5.32 Å². The number of aliphatic hydroxyl groups excluding tert-OH is 1. The van der Waals surface area contributed by atoms with Crippen molar-refractivity contribution in [3.8, 4) is 0 Å². The fraction of sp³-hybridized carbons (Fsp3) is 0.714. The van der Waals surface area contributed by atoms with Gasteiger partial charge in [0.15, 0.2) is 0 Å². The van der Waals surface area contributed by atoms with Crippen molar-refractivity contribution in [3.63, 3.8) is 0 Å². The molecule has 1 aliphatic heterocycles. The van der Waals surface area contributed by atoms with Gasteiger partial charge < -0.3 is 15.3 Å². The zero-order chi connectivity index (χ0) is 13.0. The molecule has 0 spiro atoms. The predicted molar refractivity (Wildman–Crippen MR) is 77.0 cm³/mol. The Kier molecular flexibility index (Phi) is 5.18. The van der Waals surface area contributed by atoms with Crippen LogP contribution in [0.1, 0.15) is 31.2 Å². The minimum absolute atomic E-state index is 0.354. The lowest BCUT2D eigenvalue weighted by Crippen LogP contribution is -2.31. The highest BCUT2D eigenvalue weighted by Gasteiger charge is 2.23. The lowest BCUT2D eigenvalue weighted by Gasteiger charge is -2.20. The molecule has 0 bridgehead atoms. The van der Waals surface area contributed by atoms with E-state index >= 15 is 0 Å². The van der Waals surface area contributed by atoms with Crippen LogP contribution in [0.2, 0.25) is 0 Å². The summed E-state index contributed by atoms with van der Waals surface area (Å²) in [5.41, 5.74) is 0. The van der Waals surface area contributed by atoms with Gasteiger partial charge in [0.25, 0.3) is 0 Å². The van der Waals surface area contributed by atoms with Crippen molar-refractivity contribution in [1.82, 2.24) is 10.2 Å². The van der Waals surface area contributed by atoms with Gasteiger partial charge in [-0.05, 0) is 50.7 Å². The number of thiophene rings is 1. The van der Waals surface area contributed by atoms with E-state index in [0.717, 1.165) is 17.3 Å². The van der Waals surface area contributed by atoms with Crippen LogP contribution in [0.4, 0.5) is 0 Å². The quantitative estimate of drug-likeness (QED) is 0.829. The van der Waals surface area contributed by atoms with Gasteiger partial charge in [0.2, 0.25) is 0 Å². The Bertz CT molecular complexity index is 340. The number of hydrogen-bond donors (Lipinski definition) is 2. The van der Waals surface area contributed by atoms with Crippen molar-refractivity contribution in [2.24, 2.45) is 5.92 Å². The molecule has 18 heavy (non-hydrogen) atoms. The highest BCUT2D eigenvalue weighted by molar-refractivity contribution is 7.10. The average Bonchev–Trinajstić information content (AvgIpc) is 3.00. The van der Waals surface area contributed by atoms with Gasteiger partial charge in [-0.3, -0.25) is 0 Å². The molecular weight excluding hydrogens is 244 g/mol. The van der Waals surface area contributed by atoms with Crippen molar-refractivity contribution < 1.29 is 5.11 Å². The lowest BCUT2D eigenvalue weighted by molar-refractivity contribution is 0.176. The van der Waals surface area contributed by atoms with Crippen molar-refractivity contribution >= 4 is 11.3 Å². The van der Waals surface area contributed by atoms with Crippen LogP contribution in [-0.4, -0.2) is 42.2 Å². The topological polar surface area (TPSA) is 35.5 Å². The van der Waals surface area contributed by atoms with Gasteiger partial charge in [-0.15, -0.1) is 11.3 Å². The van der Waals surface area contributed by atoms with E-state index < -0.39 is 0 Å². The van der Waals surface area contributed by atoms with Crippen LogP contribution in [0.15, 0.2) is 17.5 Å². The molecule has 2 heterocycles. The highest BCUT2D eigenvalue weighted by atomic mass is 32.1. The second-order valence-corrected chi connectivity index (χ2v) is 6.41. The van der Waals surface area contributed by atoms with E-state index in [4.69, 9.17) is 0 Å². The molecule has 2 atom stereocenters. The molecule has 1 fully saturated rings. The molecule has 1 aromatic heterocycles. The third kappa shape index (κ3) is 3.79. The van der Waals surface area contributed by atoms with E-state index in [1.54, 1.807) is 11.3 Å². The van der Waals surface area contributed by atoms with E-state index in [0.29, 0.717) is 12.6 Å². The maximum atomic E-state index is 9.96. The molecule has 0 aromatic carbocycles. The Hall–Kier alpha value is -0.420. The molecule has 2 rings (SSSR count).